The van der Waals surface area contributed by atoms with Gasteiger partial charge in [0.1, 0.15) is 0 Å². The zero-order chi connectivity index (χ0) is 0. The Kier molecular flexibility index (Phi) is 170. The van der Waals surface area contributed by atoms with Crippen LogP contribution in [-0.4, -0.2) is 40.4 Å². The minimum atomic E-state index is 0. The van der Waals surface area contributed by atoms with Crippen LogP contribution in [0.2, 0.25) is 0 Å². The SMILES string of the molecule is [Al+3].[Mg+2].[O-2].[Zr+4]. The van der Waals surface area contributed by atoms with Gasteiger partial charge in [0, 0.05) is 0 Å². The van der Waals surface area contributed by atoms with Crippen molar-refractivity contribution >= 4 is 40.4 Å². The summed E-state index contributed by atoms with van der Waals surface area (Å²) in [5, 5.41) is 0. The van der Waals surface area contributed by atoms with Gasteiger partial charge < -0.3 is 5.48 Å². The molecule has 8 valence electrons. The molecule has 4 heteroatoms. The van der Waals surface area contributed by atoms with Gasteiger partial charge in [-0.3, -0.25) is 0 Å². The molecule has 0 saturated heterocycles. The monoisotopic (exact) mass is 157 g/mol. The van der Waals surface area contributed by atoms with Crippen LogP contribution >= 0.6 is 0 Å². The van der Waals surface area contributed by atoms with Gasteiger partial charge in [0.15, 0.2) is 0 Å². The van der Waals surface area contributed by atoms with Crippen LogP contribution in [0.15, 0.2) is 0 Å². The van der Waals surface area contributed by atoms with Crippen LogP contribution in [0.3, 0.4) is 0 Å². The van der Waals surface area contributed by atoms with Crippen LogP contribution in [0.5, 0.6) is 0 Å². The standard InChI is InChI=1S/Al.Mg.O.Zr/q+3;+2;-2;+4. The molecule has 0 aromatic carbocycles. The first kappa shape index (κ1) is 35.4. The van der Waals surface area contributed by atoms with Crippen molar-refractivity contribution in [1.29, 1.82) is 0 Å². The predicted molar refractivity (Wildman–Crippen MR) is 12.2 cm³/mol. The molecule has 0 fully saturated rings. The van der Waals surface area contributed by atoms with Crippen LogP contribution in [0.25, 0.3) is 0 Å². The van der Waals surface area contributed by atoms with Gasteiger partial charge in [-0.05, 0) is 0 Å². The molecular weight excluding hydrogens is 159 g/mol. The van der Waals surface area contributed by atoms with Crippen molar-refractivity contribution in [3.63, 3.8) is 0 Å². The molecule has 0 atom stereocenters. The second kappa shape index (κ2) is 19.2. The van der Waals surface area contributed by atoms with E-state index >= 15 is 0 Å². The summed E-state index contributed by atoms with van der Waals surface area (Å²) in [6, 6.07) is 0. The Hall–Kier alpha value is 2.14. The maximum absolute atomic E-state index is 0. The van der Waals surface area contributed by atoms with E-state index < -0.39 is 0 Å². The largest absolute Gasteiger partial charge is 4.00 e. The summed E-state index contributed by atoms with van der Waals surface area (Å²) in [7, 11) is 0. The minimum absolute atomic E-state index is 0. The Morgan fingerprint density at radius 1 is 1.00 bits per heavy atom. The molecule has 0 amide bonds. The smallest absolute Gasteiger partial charge is 2.00 e. The zero-order valence-corrected chi connectivity index (χ0v) is 7.22. The Morgan fingerprint density at radius 3 is 1.00 bits per heavy atom. The van der Waals surface area contributed by atoms with Crippen LogP contribution < -0.4 is 0 Å². The van der Waals surface area contributed by atoms with Gasteiger partial charge in [-0.2, -0.15) is 0 Å². The minimum Gasteiger partial charge on any atom is -2.00 e. The van der Waals surface area contributed by atoms with E-state index in [4.69, 9.17) is 0 Å². The molecule has 0 aliphatic carbocycles. The molecule has 0 N–H and O–H groups in total. The third-order valence-electron chi connectivity index (χ3n) is 0. The fraction of sp³-hybridized carbons (Fsp3) is 0. The fourth-order valence-corrected chi connectivity index (χ4v) is 0. The van der Waals surface area contributed by atoms with E-state index in [0.717, 1.165) is 0 Å². The average Bonchev–Trinajstić information content (AvgIpc) is 0. The van der Waals surface area contributed by atoms with Gasteiger partial charge in [0.2, 0.25) is 0 Å². The van der Waals surface area contributed by atoms with Crippen molar-refractivity contribution in [1.82, 2.24) is 0 Å². The van der Waals surface area contributed by atoms with Crippen molar-refractivity contribution in [3.8, 4) is 0 Å². The Bertz CT molecular complexity index is 8.00. The zero-order valence-electron chi connectivity index (χ0n) is 2.19. The molecule has 0 aromatic rings. The predicted octanol–water partition coefficient (Wildman–Crippen LogP) is -0.883. The number of rotatable bonds is 0. The van der Waals surface area contributed by atoms with E-state index in [9.17, 15) is 0 Å². The van der Waals surface area contributed by atoms with Gasteiger partial charge in [-0.1, -0.05) is 0 Å². The molecule has 1 nitrogen and oxygen atoms in total. The normalized spacial score (nSPS) is 0. The van der Waals surface area contributed by atoms with Crippen LogP contribution in [0, 0.1) is 0 Å². The molecule has 4 heavy (non-hydrogen) atoms. The van der Waals surface area contributed by atoms with Crippen LogP contribution in [-0.2, 0) is 31.7 Å². The van der Waals surface area contributed by atoms with Crippen LogP contribution in [0.1, 0.15) is 0 Å². The maximum Gasteiger partial charge on any atom is 4.00 e. The summed E-state index contributed by atoms with van der Waals surface area (Å²) in [5.41, 5.74) is 0. The van der Waals surface area contributed by atoms with E-state index in [-0.39, 0.29) is 72.1 Å². The molecule has 0 aliphatic heterocycles. The summed E-state index contributed by atoms with van der Waals surface area (Å²) in [6.45, 7) is 0. The summed E-state index contributed by atoms with van der Waals surface area (Å²) < 4.78 is 0. The van der Waals surface area contributed by atoms with Crippen molar-refractivity contribution in [2.75, 3.05) is 0 Å². The third-order valence-corrected chi connectivity index (χ3v) is 0. The van der Waals surface area contributed by atoms with E-state index in [1.165, 1.54) is 0 Å². The van der Waals surface area contributed by atoms with Gasteiger partial charge in [0.05, 0.1) is 0 Å². The molecule has 0 radical (unpaired) electrons. The van der Waals surface area contributed by atoms with E-state index in [0.29, 0.717) is 0 Å². The molecule has 0 rings (SSSR count). The van der Waals surface area contributed by atoms with E-state index in [1.54, 1.807) is 0 Å². The summed E-state index contributed by atoms with van der Waals surface area (Å²) in [6.07, 6.45) is 0. The second-order valence-corrected chi connectivity index (χ2v) is 0. The molecule has 0 unspecified atom stereocenters. The number of hydrogen-bond donors (Lipinski definition) is 0. The first-order valence-electron chi connectivity index (χ1n) is 0. The van der Waals surface area contributed by atoms with Gasteiger partial charge in [0.25, 0.3) is 0 Å². The summed E-state index contributed by atoms with van der Waals surface area (Å²) in [4.78, 5) is 0. The summed E-state index contributed by atoms with van der Waals surface area (Å²) >= 11 is 0. The first-order chi connectivity index (χ1) is 0. The summed E-state index contributed by atoms with van der Waals surface area (Å²) in [5.74, 6) is 0. The van der Waals surface area contributed by atoms with E-state index in [2.05, 4.69) is 0 Å². The van der Waals surface area contributed by atoms with Gasteiger partial charge in [-0.25, -0.2) is 0 Å². The van der Waals surface area contributed by atoms with Crippen molar-refractivity contribution in [3.05, 3.63) is 0 Å². The quantitative estimate of drug-likeness (QED) is 0.410. The average molecular weight is 159 g/mol. The maximum atomic E-state index is 0. The first-order valence-corrected chi connectivity index (χ1v) is 0. The van der Waals surface area contributed by atoms with Crippen molar-refractivity contribution < 1.29 is 31.7 Å². The molecule has 0 spiro atoms. The molecule has 0 aromatic heterocycles. The molecule has 0 bridgehead atoms. The Morgan fingerprint density at radius 2 is 1.00 bits per heavy atom. The topological polar surface area (TPSA) is 28.5 Å². The Balaban J connectivity index is 0. The van der Waals surface area contributed by atoms with Crippen molar-refractivity contribution in [2.45, 2.75) is 0 Å². The van der Waals surface area contributed by atoms with Gasteiger partial charge >= 0.3 is 66.6 Å². The second-order valence-electron chi connectivity index (χ2n) is 0. The Labute approximate surface area is 71.2 Å². The molecule has 0 heterocycles. The number of hydrogen-bond acceptors (Lipinski definition) is 0. The van der Waals surface area contributed by atoms with Crippen molar-refractivity contribution in [2.24, 2.45) is 0 Å². The molecule has 0 saturated carbocycles. The van der Waals surface area contributed by atoms with Crippen LogP contribution in [0.4, 0.5) is 0 Å². The molecular formula is AlMgOZr+7. The molecule has 0 aliphatic rings. The fourth-order valence-electron chi connectivity index (χ4n) is 0. The van der Waals surface area contributed by atoms with Gasteiger partial charge in [-0.15, -0.1) is 0 Å². The van der Waals surface area contributed by atoms with E-state index in [1.807, 2.05) is 0 Å². The third kappa shape index (κ3) is 8.91.